The van der Waals surface area contributed by atoms with Crippen molar-refractivity contribution in [3.8, 4) is 17.2 Å². The van der Waals surface area contributed by atoms with Gasteiger partial charge in [0, 0.05) is 0 Å². The van der Waals surface area contributed by atoms with Crippen molar-refractivity contribution in [2.24, 2.45) is 0 Å². The van der Waals surface area contributed by atoms with Gasteiger partial charge in [-0.15, -0.1) is 0 Å². The minimum absolute atomic E-state index is 0.144. The van der Waals surface area contributed by atoms with E-state index in [4.69, 9.17) is 14.2 Å². The fraction of sp³-hybridized carbons (Fsp3) is 0.381. The van der Waals surface area contributed by atoms with Crippen molar-refractivity contribution < 1.29 is 19.0 Å². The number of ether oxygens (including phenoxy) is 3. The number of aryl methyl sites for hydroxylation is 2. The van der Waals surface area contributed by atoms with E-state index in [-0.39, 0.29) is 12.0 Å². The quantitative estimate of drug-likeness (QED) is 0.863. The number of hydrogen-bond acceptors (Lipinski definition) is 4. The van der Waals surface area contributed by atoms with Crippen LogP contribution in [0.3, 0.4) is 0 Å². The van der Waals surface area contributed by atoms with Gasteiger partial charge in [0.2, 0.25) is 0 Å². The maximum atomic E-state index is 12.5. The molecular formula is C21H25NO4. The minimum atomic E-state index is -0.534. The van der Waals surface area contributed by atoms with Crippen LogP contribution >= 0.6 is 0 Å². The van der Waals surface area contributed by atoms with Crippen molar-refractivity contribution in [3.05, 3.63) is 53.6 Å². The van der Waals surface area contributed by atoms with Crippen molar-refractivity contribution in [1.29, 1.82) is 0 Å². The van der Waals surface area contributed by atoms with E-state index in [0.717, 1.165) is 22.6 Å². The molecule has 1 aliphatic rings. The first kappa shape index (κ1) is 18.1. The number of para-hydroxylation sites is 2. The molecule has 1 N–H and O–H groups in total. The van der Waals surface area contributed by atoms with Crippen LogP contribution in [-0.4, -0.2) is 31.3 Å². The molecule has 0 aliphatic carbocycles. The van der Waals surface area contributed by atoms with E-state index in [1.807, 2.05) is 57.2 Å². The highest BCUT2D eigenvalue weighted by atomic mass is 16.6. The zero-order valence-corrected chi connectivity index (χ0v) is 15.5. The van der Waals surface area contributed by atoms with Gasteiger partial charge in [0.1, 0.15) is 18.5 Å². The van der Waals surface area contributed by atoms with Gasteiger partial charge in [0.05, 0.1) is 6.54 Å². The molecule has 138 valence electrons. The Hall–Kier alpha value is -2.69. The van der Waals surface area contributed by atoms with Crippen molar-refractivity contribution in [2.75, 3.05) is 13.2 Å². The van der Waals surface area contributed by atoms with E-state index in [1.54, 1.807) is 0 Å². The largest absolute Gasteiger partial charge is 0.486 e. The minimum Gasteiger partial charge on any atom is -0.486 e. The second kappa shape index (κ2) is 8.13. The predicted molar refractivity (Wildman–Crippen MR) is 100.0 cm³/mol. The van der Waals surface area contributed by atoms with Crippen LogP contribution in [0.25, 0.3) is 0 Å². The first-order chi connectivity index (χ1) is 12.5. The van der Waals surface area contributed by atoms with E-state index < -0.39 is 6.10 Å². The van der Waals surface area contributed by atoms with Crippen LogP contribution in [0.1, 0.15) is 24.5 Å². The average Bonchev–Trinajstić information content (AvgIpc) is 2.63. The van der Waals surface area contributed by atoms with Gasteiger partial charge in [0.25, 0.3) is 5.91 Å². The summed E-state index contributed by atoms with van der Waals surface area (Å²) in [5.41, 5.74) is 2.23. The first-order valence-corrected chi connectivity index (χ1v) is 8.96. The lowest BCUT2D eigenvalue weighted by Crippen LogP contribution is -2.45. The fourth-order valence-electron chi connectivity index (χ4n) is 2.98. The molecule has 0 saturated carbocycles. The lowest BCUT2D eigenvalue weighted by molar-refractivity contribution is -0.128. The van der Waals surface area contributed by atoms with Gasteiger partial charge in [-0.25, -0.2) is 0 Å². The molecule has 1 heterocycles. The Balaban J connectivity index is 1.55. The lowest BCUT2D eigenvalue weighted by Gasteiger charge is -2.27. The van der Waals surface area contributed by atoms with E-state index >= 15 is 0 Å². The molecule has 3 rings (SSSR count). The van der Waals surface area contributed by atoms with Gasteiger partial charge in [-0.2, -0.15) is 0 Å². The number of benzene rings is 2. The van der Waals surface area contributed by atoms with Crippen LogP contribution < -0.4 is 19.5 Å². The molecule has 26 heavy (non-hydrogen) atoms. The summed E-state index contributed by atoms with van der Waals surface area (Å²) >= 11 is 0. The molecule has 2 aromatic rings. The van der Waals surface area contributed by atoms with E-state index in [1.165, 1.54) is 0 Å². The smallest absolute Gasteiger partial charge is 0.261 e. The first-order valence-electron chi connectivity index (χ1n) is 8.96. The Labute approximate surface area is 154 Å². The van der Waals surface area contributed by atoms with Crippen molar-refractivity contribution >= 4 is 5.91 Å². The Morgan fingerprint density at radius 2 is 1.88 bits per heavy atom. The Morgan fingerprint density at radius 1 is 1.19 bits per heavy atom. The summed E-state index contributed by atoms with van der Waals surface area (Å²) in [6.45, 7) is 6.74. The molecule has 0 fully saturated rings. The van der Waals surface area contributed by atoms with Gasteiger partial charge in [-0.1, -0.05) is 25.1 Å². The molecule has 0 saturated heterocycles. The normalized spacial score (nSPS) is 16.7. The second-order valence-electron chi connectivity index (χ2n) is 6.58. The van der Waals surface area contributed by atoms with E-state index in [9.17, 15) is 4.79 Å². The van der Waals surface area contributed by atoms with Crippen molar-refractivity contribution in [2.45, 2.75) is 39.4 Å². The molecule has 0 radical (unpaired) electrons. The van der Waals surface area contributed by atoms with Gasteiger partial charge >= 0.3 is 0 Å². The molecule has 0 aromatic heterocycles. The highest BCUT2D eigenvalue weighted by molar-refractivity contribution is 5.81. The van der Waals surface area contributed by atoms with Crippen LogP contribution in [0.15, 0.2) is 42.5 Å². The number of nitrogens with one attached hydrogen (secondary N) is 1. The molecule has 0 spiro atoms. The van der Waals surface area contributed by atoms with Crippen LogP contribution in [0.4, 0.5) is 0 Å². The average molecular weight is 355 g/mol. The zero-order chi connectivity index (χ0) is 18.5. The van der Waals surface area contributed by atoms with Gasteiger partial charge in [0.15, 0.2) is 17.6 Å². The SMILES string of the molecule is CC[C@H](Oc1cc(C)cc(C)c1)C(=O)NC[C@@H]1COc2ccccc2O1. The highest BCUT2D eigenvalue weighted by Crippen LogP contribution is 2.30. The van der Waals surface area contributed by atoms with Crippen LogP contribution in [-0.2, 0) is 4.79 Å². The molecule has 1 amide bonds. The van der Waals surface area contributed by atoms with Gasteiger partial charge < -0.3 is 19.5 Å². The summed E-state index contributed by atoms with van der Waals surface area (Å²) in [5, 5.41) is 2.91. The maximum Gasteiger partial charge on any atom is 0.261 e. The molecule has 2 aromatic carbocycles. The number of rotatable bonds is 6. The Bertz CT molecular complexity index is 754. The monoisotopic (exact) mass is 355 g/mol. The van der Waals surface area contributed by atoms with Gasteiger partial charge in [-0.3, -0.25) is 4.79 Å². The molecule has 1 aliphatic heterocycles. The van der Waals surface area contributed by atoms with Crippen molar-refractivity contribution in [1.82, 2.24) is 5.32 Å². The Morgan fingerprint density at radius 3 is 2.58 bits per heavy atom. The molecule has 0 unspecified atom stereocenters. The summed E-state index contributed by atoms with van der Waals surface area (Å²) in [6.07, 6.45) is -0.162. The van der Waals surface area contributed by atoms with E-state index in [0.29, 0.717) is 25.3 Å². The number of hydrogen-bond donors (Lipinski definition) is 1. The van der Waals surface area contributed by atoms with E-state index in [2.05, 4.69) is 11.4 Å². The topological polar surface area (TPSA) is 56.8 Å². The Kier molecular flexibility index (Phi) is 5.66. The molecule has 2 atom stereocenters. The third kappa shape index (κ3) is 4.48. The lowest BCUT2D eigenvalue weighted by atomic mass is 10.1. The number of carbonyl (C=O) groups is 1. The summed E-state index contributed by atoms with van der Waals surface area (Å²) in [7, 11) is 0. The third-order valence-corrected chi connectivity index (χ3v) is 4.21. The summed E-state index contributed by atoms with van der Waals surface area (Å²) < 4.78 is 17.4. The number of fused-ring (bicyclic) bond motifs is 1. The molecule has 5 heteroatoms. The highest BCUT2D eigenvalue weighted by Gasteiger charge is 2.24. The zero-order valence-electron chi connectivity index (χ0n) is 15.5. The summed E-state index contributed by atoms with van der Waals surface area (Å²) in [4.78, 5) is 12.5. The van der Waals surface area contributed by atoms with Crippen LogP contribution in [0.2, 0.25) is 0 Å². The standard InChI is InChI=1S/C21H25NO4/c1-4-18(25-16-10-14(2)9-15(3)11-16)21(23)22-12-17-13-24-19-7-5-6-8-20(19)26-17/h5-11,17-18H,4,12-13H2,1-3H3,(H,22,23)/t17-,18+/m1/s1. The molecule has 5 nitrogen and oxygen atoms in total. The molecular weight excluding hydrogens is 330 g/mol. The summed E-state index contributed by atoms with van der Waals surface area (Å²) in [5.74, 6) is 2.01. The van der Waals surface area contributed by atoms with Gasteiger partial charge in [-0.05, 0) is 55.7 Å². The van der Waals surface area contributed by atoms with Crippen molar-refractivity contribution in [3.63, 3.8) is 0 Å². The maximum absolute atomic E-state index is 12.5. The number of carbonyl (C=O) groups excluding carboxylic acids is 1. The predicted octanol–water partition coefficient (Wildman–Crippen LogP) is 3.42. The fourth-order valence-corrected chi connectivity index (χ4v) is 2.98. The number of amides is 1. The molecule has 0 bridgehead atoms. The summed E-state index contributed by atoms with van der Waals surface area (Å²) in [6, 6.07) is 13.5. The third-order valence-electron chi connectivity index (χ3n) is 4.21. The van der Waals surface area contributed by atoms with Crippen LogP contribution in [0.5, 0.6) is 17.2 Å². The second-order valence-corrected chi connectivity index (χ2v) is 6.58. The van der Waals surface area contributed by atoms with Crippen LogP contribution in [0, 0.1) is 13.8 Å².